The van der Waals surface area contributed by atoms with Gasteiger partial charge in [0.05, 0.1) is 0 Å². The largest absolute Gasteiger partial charge is 0.320 e. The first kappa shape index (κ1) is 14.7. The van der Waals surface area contributed by atoms with Gasteiger partial charge >= 0.3 is 0 Å². The number of pyridine rings is 1. The monoisotopic (exact) mass is 332 g/mol. The molecule has 20 heavy (non-hydrogen) atoms. The Hall–Kier alpha value is -1.68. The zero-order chi connectivity index (χ0) is 14.8. The zero-order valence-electron chi connectivity index (χ0n) is 11.8. The van der Waals surface area contributed by atoms with Crippen molar-refractivity contribution in [3.8, 4) is 0 Å². The van der Waals surface area contributed by atoms with E-state index in [1.807, 2.05) is 24.3 Å². The fraction of sp³-hybridized carbons (Fsp3) is 0.250. The van der Waals surface area contributed by atoms with Crippen LogP contribution in [0, 0.1) is 0 Å². The highest BCUT2D eigenvalue weighted by Crippen LogP contribution is 2.29. The van der Waals surface area contributed by atoms with Gasteiger partial charge in [0.15, 0.2) is 0 Å². The van der Waals surface area contributed by atoms with Crippen molar-refractivity contribution in [2.45, 2.75) is 26.2 Å². The van der Waals surface area contributed by atoms with E-state index in [1.165, 1.54) is 0 Å². The topological polar surface area (TPSA) is 42.0 Å². The van der Waals surface area contributed by atoms with Crippen LogP contribution in [0.1, 0.15) is 36.8 Å². The van der Waals surface area contributed by atoms with Gasteiger partial charge in [-0.1, -0.05) is 39.0 Å². The average Bonchev–Trinajstić information content (AvgIpc) is 2.38. The molecule has 104 valence electrons. The highest BCUT2D eigenvalue weighted by molar-refractivity contribution is 9.10. The van der Waals surface area contributed by atoms with E-state index in [4.69, 9.17) is 0 Å². The van der Waals surface area contributed by atoms with E-state index in [2.05, 4.69) is 47.0 Å². The lowest BCUT2D eigenvalue weighted by atomic mass is 9.86. The molecule has 1 aromatic carbocycles. The minimum atomic E-state index is -0.214. The van der Waals surface area contributed by atoms with Gasteiger partial charge in [-0.2, -0.15) is 0 Å². The molecule has 0 bridgehead atoms. The van der Waals surface area contributed by atoms with Crippen LogP contribution in [0.4, 0.5) is 5.69 Å². The summed E-state index contributed by atoms with van der Waals surface area (Å²) < 4.78 is 0.686. The van der Waals surface area contributed by atoms with Crippen LogP contribution in [-0.4, -0.2) is 10.9 Å². The number of para-hydroxylation sites is 1. The molecule has 0 unspecified atom stereocenters. The number of hydrogen-bond donors (Lipinski definition) is 1. The Labute approximate surface area is 127 Å². The number of hydrogen-bond acceptors (Lipinski definition) is 2. The molecule has 0 saturated heterocycles. The summed E-state index contributed by atoms with van der Waals surface area (Å²) in [6.07, 6.45) is 1.61. The van der Waals surface area contributed by atoms with Gasteiger partial charge in [0.2, 0.25) is 0 Å². The Morgan fingerprint density at radius 2 is 1.85 bits per heavy atom. The fourth-order valence-corrected chi connectivity index (χ4v) is 2.42. The maximum absolute atomic E-state index is 12.3. The Morgan fingerprint density at radius 3 is 2.50 bits per heavy atom. The van der Waals surface area contributed by atoms with Crippen molar-refractivity contribution < 1.29 is 4.79 Å². The zero-order valence-corrected chi connectivity index (χ0v) is 13.4. The van der Waals surface area contributed by atoms with E-state index in [0.29, 0.717) is 10.2 Å². The third-order valence-corrected chi connectivity index (χ3v) is 3.60. The number of nitrogens with one attached hydrogen (secondary N) is 1. The number of anilines is 1. The summed E-state index contributed by atoms with van der Waals surface area (Å²) in [7, 11) is 0. The first-order valence-corrected chi connectivity index (χ1v) is 7.20. The maximum atomic E-state index is 12.3. The molecule has 1 aromatic heterocycles. The van der Waals surface area contributed by atoms with Crippen molar-refractivity contribution in [3.05, 3.63) is 58.3 Å². The van der Waals surface area contributed by atoms with Crippen molar-refractivity contribution in [2.75, 3.05) is 5.32 Å². The van der Waals surface area contributed by atoms with E-state index >= 15 is 0 Å². The minimum Gasteiger partial charge on any atom is -0.320 e. The van der Waals surface area contributed by atoms with Gasteiger partial charge in [-0.25, -0.2) is 4.98 Å². The molecule has 1 N–H and O–H groups in total. The van der Waals surface area contributed by atoms with Crippen LogP contribution in [0.15, 0.2) is 47.1 Å². The molecule has 0 radical (unpaired) electrons. The fourth-order valence-electron chi connectivity index (χ4n) is 1.98. The number of aromatic nitrogens is 1. The molecule has 0 aliphatic rings. The molecular weight excluding hydrogens is 316 g/mol. The number of halogens is 1. The van der Waals surface area contributed by atoms with Crippen LogP contribution in [0.3, 0.4) is 0 Å². The summed E-state index contributed by atoms with van der Waals surface area (Å²) in [5.41, 5.74) is 2.27. The van der Waals surface area contributed by atoms with Crippen LogP contribution < -0.4 is 5.32 Å². The van der Waals surface area contributed by atoms with Crippen molar-refractivity contribution in [1.82, 2.24) is 4.98 Å². The Bertz CT molecular complexity index is 632. The molecular formula is C16H17BrN2O. The molecule has 0 spiro atoms. The van der Waals surface area contributed by atoms with Crippen LogP contribution in [0.2, 0.25) is 0 Å². The van der Waals surface area contributed by atoms with Crippen LogP contribution >= 0.6 is 15.9 Å². The van der Waals surface area contributed by atoms with Gasteiger partial charge in [-0.3, -0.25) is 4.79 Å². The highest BCUT2D eigenvalue weighted by Gasteiger charge is 2.19. The second-order valence-electron chi connectivity index (χ2n) is 5.58. The molecule has 0 aliphatic carbocycles. The smallest absolute Gasteiger partial charge is 0.275 e. The van der Waals surface area contributed by atoms with E-state index in [9.17, 15) is 4.79 Å². The predicted octanol–water partition coefficient (Wildman–Crippen LogP) is 4.39. The summed E-state index contributed by atoms with van der Waals surface area (Å²) in [5.74, 6) is -0.214. The number of nitrogens with zero attached hydrogens (tertiary/aromatic N) is 1. The molecule has 2 rings (SSSR count). The summed E-state index contributed by atoms with van der Waals surface area (Å²) in [6, 6.07) is 11.4. The summed E-state index contributed by atoms with van der Waals surface area (Å²) >= 11 is 3.34. The quantitative estimate of drug-likeness (QED) is 0.885. The lowest BCUT2D eigenvalue weighted by molar-refractivity contribution is 0.102. The average molecular weight is 333 g/mol. The Kier molecular flexibility index (Phi) is 4.23. The first-order chi connectivity index (χ1) is 9.39. The summed E-state index contributed by atoms with van der Waals surface area (Å²) in [5, 5.41) is 2.94. The van der Waals surface area contributed by atoms with E-state index in [-0.39, 0.29) is 11.3 Å². The molecule has 0 saturated carbocycles. The summed E-state index contributed by atoms with van der Waals surface area (Å²) in [4.78, 5) is 16.4. The first-order valence-electron chi connectivity index (χ1n) is 6.41. The number of rotatable bonds is 2. The molecule has 3 nitrogen and oxygen atoms in total. The normalized spacial score (nSPS) is 11.2. The van der Waals surface area contributed by atoms with Crippen LogP contribution in [0.5, 0.6) is 0 Å². The number of amides is 1. The van der Waals surface area contributed by atoms with Crippen LogP contribution in [0.25, 0.3) is 0 Å². The Morgan fingerprint density at radius 1 is 1.15 bits per heavy atom. The molecule has 1 heterocycles. The summed E-state index contributed by atoms with van der Waals surface area (Å²) in [6.45, 7) is 6.36. The second kappa shape index (κ2) is 5.75. The maximum Gasteiger partial charge on any atom is 0.275 e. The van der Waals surface area contributed by atoms with E-state index in [0.717, 1.165) is 11.3 Å². The van der Waals surface area contributed by atoms with E-state index < -0.39 is 0 Å². The van der Waals surface area contributed by atoms with Gasteiger partial charge in [0.25, 0.3) is 5.91 Å². The Balaban J connectivity index is 2.32. The molecule has 0 atom stereocenters. The van der Waals surface area contributed by atoms with Gasteiger partial charge in [-0.05, 0) is 45.1 Å². The van der Waals surface area contributed by atoms with Gasteiger partial charge in [-0.15, -0.1) is 0 Å². The minimum absolute atomic E-state index is 0.0365. The molecule has 2 aromatic rings. The number of carbonyl (C=O) groups is 1. The SMILES string of the molecule is CC(C)(C)c1ccccc1NC(=O)c1ncccc1Br. The lowest BCUT2D eigenvalue weighted by Gasteiger charge is -2.23. The molecule has 1 amide bonds. The van der Waals surface area contributed by atoms with Crippen molar-refractivity contribution in [1.29, 1.82) is 0 Å². The van der Waals surface area contributed by atoms with Gasteiger partial charge in [0.1, 0.15) is 5.69 Å². The van der Waals surface area contributed by atoms with E-state index in [1.54, 1.807) is 18.3 Å². The number of carbonyl (C=O) groups excluding carboxylic acids is 1. The molecule has 0 fully saturated rings. The van der Waals surface area contributed by atoms with Crippen LogP contribution in [-0.2, 0) is 5.41 Å². The third-order valence-electron chi connectivity index (χ3n) is 2.96. The lowest BCUT2D eigenvalue weighted by Crippen LogP contribution is -2.19. The standard InChI is InChI=1S/C16H17BrN2O/c1-16(2,3)11-7-4-5-9-13(11)19-15(20)14-12(17)8-6-10-18-14/h4-10H,1-3H3,(H,19,20). The van der Waals surface area contributed by atoms with Crippen molar-refractivity contribution >= 4 is 27.5 Å². The van der Waals surface area contributed by atoms with Gasteiger partial charge < -0.3 is 5.32 Å². The third kappa shape index (κ3) is 3.25. The second-order valence-corrected chi connectivity index (χ2v) is 6.44. The van der Waals surface area contributed by atoms with Crippen molar-refractivity contribution in [3.63, 3.8) is 0 Å². The number of benzene rings is 1. The predicted molar refractivity (Wildman–Crippen MR) is 85.0 cm³/mol. The van der Waals surface area contributed by atoms with Gasteiger partial charge in [0, 0.05) is 16.4 Å². The molecule has 4 heteroatoms. The highest BCUT2D eigenvalue weighted by atomic mass is 79.9. The molecule has 0 aliphatic heterocycles. The van der Waals surface area contributed by atoms with Crippen molar-refractivity contribution in [2.24, 2.45) is 0 Å².